The molecule has 0 amide bonds. The fourth-order valence-corrected chi connectivity index (χ4v) is 1.64. The SMILES string of the molecule is CNC(CN(C)C)c1cc(C)ccc1F. The summed E-state index contributed by atoms with van der Waals surface area (Å²) in [5.41, 5.74) is 1.83. The molecule has 15 heavy (non-hydrogen) atoms. The van der Waals surface area contributed by atoms with Crippen LogP contribution in [0.15, 0.2) is 18.2 Å². The van der Waals surface area contributed by atoms with Crippen LogP contribution in [-0.2, 0) is 0 Å². The third-order valence-electron chi connectivity index (χ3n) is 2.42. The average molecular weight is 210 g/mol. The first-order valence-corrected chi connectivity index (χ1v) is 5.12. The van der Waals surface area contributed by atoms with Crippen LogP contribution in [0.4, 0.5) is 4.39 Å². The molecule has 0 fully saturated rings. The van der Waals surface area contributed by atoms with Crippen molar-refractivity contribution in [3.63, 3.8) is 0 Å². The van der Waals surface area contributed by atoms with E-state index in [-0.39, 0.29) is 11.9 Å². The van der Waals surface area contributed by atoms with Gasteiger partial charge >= 0.3 is 0 Å². The van der Waals surface area contributed by atoms with Gasteiger partial charge in [0.15, 0.2) is 0 Å². The topological polar surface area (TPSA) is 15.3 Å². The molecule has 1 aromatic carbocycles. The van der Waals surface area contributed by atoms with Gasteiger partial charge in [0.1, 0.15) is 5.82 Å². The number of rotatable bonds is 4. The molecule has 0 aliphatic carbocycles. The molecule has 1 rings (SSSR count). The second kappa shape index (κ2) is 5.24. The van der Waals surface area contributed by atoms with Gasteiger partial charge in [-0.3, -0.25) is 0 Å². The van der Waals surface area contributed by atoms with E-state index in [2.05, 4.69) is 5.32 Å². The van der Waals surface area contributed by atoms with Crippen LogP contribution in [0.3, 0.4) is 0 Å². The first kappa shape index (κ1) is 12.1. The summed E-state index contributed by atoms with van der Waals surface area (Å²) in [6, 6.07) is 5.27. The van der Waals surface area contributed by atoms with Gasteiger partial charge in [0.2, 0.25) is 0 Å². The van der Waals surface area contributed by atoms with Gasteiger partial charge in [0, 0.05) is 18.2 Å². The van der Waals surface area contributed by atoms with Crippen molar-refractivity contribution in [1.29, 1.82) is 0 Å². The van der Waals surface area contributed by atoms with E-state index in [0.717, 1.165) is 17.7 Å². The summed E-state index contributed by atoms with van der Waals surface area (Å²) in [6.45, 7) is 2.77. The van der Waals surface area contributed by atoms with Gasteiger partial charge in [0.05, 0.1) is 0 Å². The van der Waals surface area contributed by atoms with Crippen molar-refractivity contribution in [2.45, 2.75) is 13.0 Å². The van der Waals surface area contributed by atoms with Crippen molar-refractivity contribution >= 4 is 0 Å². The molecule has 1 aromatic rings. The lowest BCUT2D eigenvalue weighted by Gasteiger charge is -2.21. The maximum absolute atomic E-state index is 13.6. The Balaban J connectivity index is 2.95. The number of aryl methyl sites for hydroxylation is 1. The summed E-state index contributed by atoms with van der Waals surface area (Å²) < 4.78 is 13.6. The fraction of sp³-hybridized carbons (Fsp3) is 0.500. The first-order chi connectivity index (χ1) is 7.04. The largest absolute Gasteiger partial charge is 0.312 e. The zero-order valence-electron chi connectivity index (χ0n) is 9.84. The highest BCUT2D eigenvalue weighted by molar-refractivity contribution is 5.27. The van der Waals surface area contributed by atoms with Gasteiger partial charge in [-0.25, -0.2) is 4.39 Å². The Morgan fingerprint density at radius 2 is 2.07 bits per heavy atom. The predicted molar refractivity (Wildman–Crippen MR) is 61.5 cm³/mol. The molecule has 0 radical (unpaired) electrons. The minimum absolute atomic E-state index is 0.0416. The van der Waals surface area contributed by atoms with Crippen LogP contribution in [0.1, 0.15) is 17.2 Å². The van der Waals surface area contributed by atoms with Crippen LogP contribution < -0.4 is 5.32 Å². The molecular weight excluding hydrogens is 191 g/mol. The molecule has 0 spiro atoms. The van der Waals surface area contributed by atoms with Gasteiger partial charge in [-0.15, -0.1) is 0 Å². The van der Waals surface area contributed by atoms with Crippen molar-refractivity contribution in [3.05, 3.63) is 35.1 Å². The molecule has 0 aliphatic heterocycles. The quantitative estimate of drug-likeness (QED) is 0.817. The van der Waals surface area contributed by atoms with E-state index in [4.69, 9.17) is 0 Å². The zero-order chi connectivity index (χ0) is 11.4. The van der Waals surface area contributed by atoms with E-state index in [0.29, 0.717) is 0 Å². The highest BCUT2D eigenvalue weighted by Crippen LogP contribution is 2.18. The second-order valence-corrected chi connectivity index (χ2v) is 4.13. The Hall–Kier alpha value is -0.930. The maximum atomic E-state index is 13.6. The number of hydrogen-bond acceptors (Lipinski definition) is 2. The van der Waals surface area contributed by atoms with Crippen molar-refractivity contribution in [1.82, 2.24) is 10.2 Å². The minimum atomic E-state index is -0.137. The fourth-order valence-electron chi connectivity index (χ4n) is 1.64. The Labute approximate surface area is 91.1 Å². The summed E-state index contributed by atoms with van der Waals surface area (Å²) in [7, 11) is 5.83. The zero-order valence-corrected chi connectivity index (χ0v) is 9.84. The molecule has 84 valence electrons. The summed E-state index contributed by atoms with van der Waals surface area (Å²) >= 11 is 0. The van der Waals surface area contributed by atoms with Gasteiger partial charge in [-0.05, 0) is 34.1 Å². The van der Waals surface area contributed by atoms with Crippen LogP contribution in [-0.4, -0.2) is 32.6 Å². The molecule has 0 bridgehead atoms. The van der Waals surface area contributed by atoms with Gasteiger partial charge in [0.25, 0.3) is 0 Å². The lowest BCUT2D eigenvalue weighted by molar-refractivity contribution is 0.347. The van der Waals surface area contributed by atoms with E-state index in [1.54, 1.807) is 6.07 Å². The normalized spacial score (nSPS) is 13.2. The van der Waals surface area contributed by atoms with E-state index < -0.39 is 0 Å². The lowest BCUT2D eigenvalue weighted by Crippen LogP contribution is -2.29. The summed E-state index contributed by atoms with van der Waals surface area (Å²) in [5, 5.41) is 3.14. The summed E-state index contributed by atoms with van der Waals surface area (Å²) in [6.07, 6.45) is 0. The number of hydrogen-bond donors (Lipinski definition) is 1. The summed E-state index contributed by atoms with van der Waals surface area (Å²) in [5.74, 6) is -0.137. The number of nitrogens with one attached hydrogen (secondary N) is 1. The van der Waals surface area contributed by atoms with Crippen molar-refractivity contribution < 1.29 is 4.39 Å². The van der Waals surface area contributed by atoms with Crippen LogP contribution in [0, 0.1) is 12.7 Å². The molecule has 1 unspecified atom stereocenters. The second-order valence-electron chi connectivity index (χ2n) is 4.13. The molecule has 0 saturated heterocycles. The molecule has 0 aromatic heterocycles. The van der Waals surface area contributed by atoms with Crippen LogP contribution in [0.2, 0.25) is 0 Å². The van der Waals surface area contributed by atoms with Crippen molar-refractivity contribution in [3.8, 4) is 0 Å². The standard InChI is InChI=1S/C12H19FN2/c1-9-5-6-11(13)10(7-9)12(14-2)8-15(3)4/h5-7,12,14H,8H2,1-4H3. The molecular formula is C12H19FN2. The molecule has 0 aliphatic rings. The van der Waals surface area contributed by atoms with E-state index in [1.165, 1.54) is 6.07 Å². The number of likely N-dealkylation sites (N-methyl/N-ethyl adjacent to an activating group) is 2. The highest BCUT2D eigenvalue weighted by Gasteiger charge is 2.14. The summed E-state index contributed by atoms with van der Waals surface area (Å²) in [4.78, 5) is 2.04. The third-order valence-corrected chi connectivity index (χ3v) is 2.42. The number of benzene rings is 1. The third kappa shape index (κ3) is 3.29. The first-order valence-electron chi connectivity index (χ1n) is 5.12. The Morgan fingerprint density at radius 3 is 2.60 bits per heavy atom. The van der Waals surface area contributed by atoms with Crippen LogP contribution in [0.25, 0.3) is 0 Å². The molecule has 2 nitrogen and oxygen atoms in total. The monoisotopic (exact) mass is 210 g/mol. The molecule has 1 N–H and O–H groups in total. The highest BCUT2D eigenvalue weighted by atomic mass is 19.1. The molecule has 0 saturated carbocycles. The Morgan fingerprint density at radius 1 is 1.40 bits per heavy atom. The molecule has 0 heterocycles. The van der Waals surface area contributed by atoms with Crippen LogP contribution >= 0.6 is 0 Å². The maximum Gasteiger partial charge on any atom is 0.128 e. The van der Waals surface area contributed by atoms with Gasteiger partial charge in [-0.2, -0.15) is 0 Å². The smallest absolute Gasteiger partial charge is 0.128 e. The molecule has 3 heteroatoms. The van der Waals surface area contributed by atoms with Crippen molar-refractivity contribution in [2.75, 3.05) is 27.7 Å². The lowest BCUT2D eigenvalue weighted by atomic mass is 10.0. The Bertz CT molecular complexity index is 323. The molecule has 1 atom stereocenters. The van der Waals surface area contributed by atoms with E-state index in [9.17, 15) is 4.39 Å². The minimum Gasteiger partial charge on any atom is -0.312 e. The average Bonchev–Trinajstić information content (AvgIpc) is 2.18. The van der Waals surface area contributed by atoms with Crippen molar-refractivity contribution in [2.24, 2.45) is 0 Å². The van der Waals surface area contributed by atoms with E-state index >= 15 is 0 Å². The number of nitrogens with zero attached hydrogens (tertiary/aromatic N) is 1. The van der Waals surface area contributed by atoms with Gasteiger partial charge < -0.3 is 10.2 Å². The van der Waals surface area contributed by atoms with Gasteiger partial charge in [-0.1, -0.05) is 17.7 Å². The predicted octanol–water partition coefficient (Wildman–Crippen LogP) is 1.96. The Kier molecular flexibility index (Phi) is 4.24. The van der Waals surface area contributed by atoms with Crippen LogP contribution in [0.5, 0.6) is 0 Å². The van der Waals surface area contributed by atoms with E-state index in [1.807, 2.05) is 39.0 Å². The number of halogens is 1.